The maximum atomic E-state index is 12.7. The lowest BCUT2D eigenvalue weighted by atomic mass is 10.1. The highest BCUT2D eigenvalue weighted by atomic mass is 32.2. The van der Waals surface area contributed by atoms with Crippen molar-refractivity contribution in [2.75, 3.05) is 11.6 Å². The molecule has 0 unspecified atom stereocenters. The van der Waals surface area contributed by atoms with Crippen molar-refractivity contribution >= 4 is 63.7 Å². The molecule has 12 heteroatoms. The van der Waals surface area contributed by atoms with E-state index in [2.05, 4.69) is 10.4 Å². The minimum atomic E-state index is -0.875. The number of amides is 2. The number of hydroxylamine groups is 2. The van der Waals surface area contributed by atoms with Crippen molar-refractivity contribution in [3.8, 4) is 0 Å². The lowest BCUT2D eigenvalue weighted by Crippen LogP contribution is -2.54. The Morgan fingerprint density at radius 2 is 1.94 bits per heavy atom. The number of nitro benzene ring substituents is 1. The average Bonchev–Trinajstić information content (AvgIpc) is 2.99. The molecule has 1 fully saturated rings. The lowest BCUT2D eigenvalue weighted by Gasteiger charge is -2.34. The van der Waals surface area contributed by atoms with Gasteiger partial charge in [0, 0.05) is 22.7 Å². The fourth-order valence-corrected chi connectivity index (χ4v) is 5.20. The summed E-state index contributed by atoms with van der Waals surface area (Å²) >= 11 is 8.39. The van der Waals surface area contributed by atoms with Gasteiger partial charge in [-0.2, -0.15) is 10.2 Å². The van der Waals surface area contributed by atoms with E-state index in [-0.39, 0.29) is 5.69 Å². The summed E-state index contributed by atoms with van der Waals surface area (Å²) < 4.78 is -0.238. The van der Waals surface area contributed by atoms with E-state index in [1.807, 2.05) is 44.4 Å². The number of rotatable bonds is 6. The first-order valence-corrected chi connectivity index (χ1v) is 11.8. The van der Waals surface area contributed by atoms with Crippen LogP contribution in [0.4, 0.5) is 16.2 Å². The number of urea groups is 1. The van der Waals surface area contributed by atoms with Gasteiger partial charge in [-0.15, -0.1) is 11.8 Å². The van der Waals surface area contributed by atoms with Crippen LogP contribution in [0.5, 0.6) is 0 Å². The Balaban J connectivity index is 1.78. The van der Waals surface area contributed by atoms with E-state index in [0.717, 1.165) is 10.5 Å². The van der Waals surface area contributed by atoms with Crippen molar-refractivity contribution < 1.29 is 14.9 Å². The van der Waals surface area contributed by atoms with E-state index < -0.39 is 21.9 Å². The summed E-state index contributed by atoms with van der Waals surface area (Å²) in [7, 11) is 0. The monoisotopic (exact) mass is 491 g/mol. The Kier molecular flexibility index (Phi) is 7.39. The van der Waals surface area contributed by atoms with Gasteiger partial charge in [0.25, 0.3) is 5.69 Å². The summed E-state index contributed by atoms with van der Waals surface area (Å²) in [6.07, 6.45) is 2.74. The van der Waals surface area contributed by atoms with Gasteiger partial charge in [-0.3, -0.25) is 15.3 Å². The van der Waals surface area contributed by atoms with E-state index in [1.165, 1.54) is 41.0 Å². The van der Waals surface area contributed by atoms with Gasteiger partial charge in [-0.25, -0.2) is 9.80 Å². The Morgan fingerprint density at radius 3 is 2.50 bits per heavy atom. The fourth-order valence-electron chi connectivity index (χ4n) is 3.00. The molecular weight excluding hydrogens is 470 g/mol. The van der Waals surface area contributed by atoms with Crippen LogP contribution in [0.25, 0.3) is 0 Å². The predicted molar refractivity (Wildman–Crippen MR) is 131 cm³/mol. The number of hydrogen-bond acceptors (Lipinski definition) is 8. The Bertz CT molecular complexity index is 1040. The lowest BCUT2D eigenvalue weighted by molar-refractivity contribution is -0.384. The van der Waals surface area contributed by atoms with Gasteiger partial charge >= 0.3 is 6.03 Å². The molecule has 1 atom stereocenters. The van der Waals surface area contributed by atoms with Gasteiger partial charge in [-0.1, -0.05) is 36.1 Å². The number of nitrogens with zero attached hydrogens (tertiary/aromatic N) is 4. The van der Waals surface area contributed by atoms with Crippen LogP contribution >= 0.6 is 35.7 Å². The largest absolute Gasteiger partial charge is 0.347 e. The number of carbonyl (C=O) groups is 1. The van der Waals surface area contributed by atoms with Crippen LogP contribution in [0.1, 0.15) is 19.4 Å². The van der Waals surface area contributed by atoms with Crippen LogP contribution in [0.3, 0.4) is 0 Å². The second-order valence-corrected chi connectivity index (χ2v) is 10.5. The van der Waals surface area contributed by atoms with Gasteiger partial charge in [-0.05, 0) is 49.9 Å². The molecule has 2 aromatic rings. The van der Waals surface area contributed by atoms with Gasteiger partial charge in [0.2, 0.25) is 0 Å². The molecule has 0 aliphatic carbocycles. The second kappa shape index (κ2) is 9.86. The molecule has 0 bridgehead atoms. The van der Waals surface area contributed by atoms with Crippen molar-refractivity contribution in [1.29, 1.82) is 0 Å². The molecule has 2 aromatic carbocycles. The summed E-state index contributed by atoms with van der Waals surface area (Å²) in [5.74, 6) is 0. The highest BCUT2D eigenvalue weighted by Crippen LogP contribution is 2.42. The molecule has 9 nitrogen and oxygen atoms in total. The number of thiocarbonyl (C=S) groups is 1. The SMILES string of the molecule is CSc1ccc(/C=N\N2C(=S)SC(C)(C)[C@@H]2N(O)C(=O)Nc2ccc([N+](=O)[O-])cc2)cc1. The molecule has 168 valence electrons. The number of hydrogen-bond donors (Lipinski definition) is 2. The van der Waals surface area contributed by atoms with Crippen LogP contribution in [-0.4, -0.2) is 53.9 Å². The van der Waals surface area contributed by atoms with E-state index in [9.17, 15) is 20.1 Å². The molecule has 0 spiro atoms. The van der Waals surface area contributed by atoms with Crippen LogP contribution in [0.15, 0.2) is 58.5 Å². The number of carbonyl (C=O) groups excluding carboxylic acids is 1. The predicted octanol–water partition coefficient (Wildman–Crippen LogP) is 5.01. The minimum Gasteiger partial charge on any atom is -0.306 e. The number of nitrogens with one attached hydrogen (secondary N) is 1. The zero-order valence-corrected chi connectivity index (χ0v) is 19.9. The van der Waals surface area contributed by atoms with Gasteiger partial charge in [0.05, 0.1) is 15.9 Å². The molecule has 0 radical (unpaired) electrons. The summed E-state index contributed by atoms with van der Waals surface area (Å²) in [5.41, 5.74) is 1.04. The number of benzene rings is 2. The van der Waals surface area contributed by atoms with Crippen molar-refractivity contribution in [3.05, 3.63) is 64.2 Å². The first-order chi connectivity index (χ1) is 15.1. The topological polar surface area (TPSA) is 111 Å². The highest BCUT2D eigenvalue weighted by molar-refractivity contribution is 8.24. The molecule has 1 heterocycles. The third-order valence-electron chi connectivity index (χ3n) is 4.61. The molecule has 0 aromatic heterocycles. The number of hydrazone groups is 1. The van der Waals surface area contributed by atoms with Crippen molar-refractivity contribution in [1.82, 2.24) is 10.1 Å². The molecule has 2 amide bonds. The first kappa shape index (κ1) is 24.0. The highest BCUT2D eigenvalue weighted by Gasteiger charge is 2.50. The molecule has 2 N–H and O–H groups in total. The maximum absolute atomic E-state index is 12.7. The maximum Gasteiger partial charge on any atom is 0.347 e. The Hall–Kier alpha value is -2.67. The van der Waals surface area contributed by atoms with Crippen LogP contribution in [0.2, 0.25) is 0 Å². The molecule has 3 rings (SSSR count). The van der Waals surface area contributed by atoms with Gasteiger partial charge < -0.3 is 5.32 Å². The zero-order chi connectivity index (χ0) is 23.5. The quantitative estimate of drug-likeness (QED) is 0.145. The molecule has 1 aliphatic rings. The zero-order valence-electron chi connectivity index (χ0n) is 17.5. The Labute approximate surface area is 199 Å². The van der Waals surface area contributed by atoms with Crippen molar-refractivity contribution in [2.45, 2.75) is 29.7 Å². The fraction of sp³-hybridized carbons (Fsp3) is 0.250. The second-order valence-electron chi connectivity index (χ2n) is 7.29. The van der Waals surface area contributed by atoms with Gasteiger partial charge in [0.15, 0.2) is 10.5 Å². The van der Waals surface area contributed by atoms with Crippen molar-refractivity contribution in [3.63, 3.8) is 0 Å². The number of thioether (sulfide) groups is 2. The Morgan fingerprint density at radius 1 is 1.31 bits per heavy atom. The van der Waals surface area contributed by atoms with Crippen LogP contribution < -0.4 is 5.32 Å². The minimum absolute atomic E-state index is 0.103. The van der Waals surface area contributed by atoms with E-state index in [1.54, 1.807) is 18.0 Å². The third kappa shape index (κ3) is 5.38. The van der Waals surface area contributed by atoms with E-state index >= 15 is 0 Å². The summed E-state index contributed by atoms with van der Waals surface area (Å²) in [5, 5.41) is 30.4. The molecule has 0 saturated carbocycles. The van der Waals surface area contributed by atoms with Crippen LogP contribution in [-0.2, 0) is 0 Å². The standard InChI is InChI=1S/C20H21N5O4S3/c1-20(2)17(24(27)18(26)22-14-6-8-15(9-7-14)25(28)29)23(19(30)32-20)21-12-13-4-10-16(31-3)11-5-13/h4-12,17,27H,1-3H3,(H,22,26)/b21-12-/t17-/m0/s1. The molecule has 1 saturated heterocycles. The molecular formula is C20H21N5O4S3. The summed E-state index contributed by atoms with van der Waals surface area (Å²) in [6, 6.07) is 12.3. The van der Waals surface area contributed by atoms with E-state index in [4.69, 9.17) is 12.2 Å². The summed E-state index contributed by atoms with van der Waals surface area (Å²) in [4.78, 5) is 24.1. The van der Waals surface area contributed by atoms with Gasteiger partial charge in [0.1, 0.15) is 0 Å². The number of anilines is 1. The number of nitro groups is 1. The normalized spacial score (nSPS) is 17.6. The molecule has 32 heavy (non-hydrogen) atoms. The smallest absolute Gasteiger partial charge is 0.306 e. The molecule has 1 aliphatic heterocycles. The average molecular weight is 492 g/mol. The number of non-ortho nitro benzene ring substituents is 1. The summed E-state index contributed by atoms with van der Waals surface area (Å²) in [6.45, 7) is 3.69. The first-order valence-electron chi connectivity index (χ1n) is 9.36. The third-order valence-corrected chi connectivity index (χ3v) is 6.89. The van der Waals surface area contributed by atoms with E-state index in [0.29, 0.717) is 15.1 Å². The van der Waals surface area contributed by atoms with Crippen LogP contribution in [0, 0.1) is 10.1 Å². The van der Waals surface area contributed by atoms with Crippen molar-refractivity contribution in [2.24, 2.45) is 5.10 Å².